The zero-order valence-corrected chi connectivity index (χ0v) is 20.2. The number of ketones is 1. The number of hydrogen-bond donors (Lipinski definition) is 2. The van der Waals surface area contributed by atoms with Crippen LogP contribution in [0.5, 0.6) is 5.75 Å². The van der Waals surface area contributed by atoms with E-state index in [0.717, 1.165) is 5.56 Å². The molecule has 0 bridgehead atoms. The topological polar surface area (TPSA) is 111 Å². The molecule has 0 unspecified atom stereocenters. The molecule has 0 aromatic heterocycles. The van der Waals surface area contributed by atoms with Crippen molar-refractivity contribution in [3.05, 3.63) is 95.1 Å². The molecule has 0 fully saturated rings. The second-order valence-electron chi connectivity index (χ2n) is 7.99. The predicted molar refractivity (Wildman–Crippen MR) is 135 cm³/mol. The molecule has 8 nitrogen and oxygen atoms in total. The van der Waals surface area contributed by atoms with E-state index in [9.17, 15) is 19.2 Å². The first-order valence-corrected chi connectivity index (χ1v) is 11.6. The van der Waals surface area contributed by atoms with Gasteiger partial charge in [0.25, 0.3) is 5.91 Å². The summed E-state index contributed by atoms with van der Waals surface area (Å²) in [6.45, 7) is 4.01. The molecule has 0 radical (unpaired) electrons. The fourth-order valence-corrected chi connectivity index (χ4v) is 3.30. The van der Waals surface area contributed by atoms with Gasteiger partial charge in [0, 0.05) is 36.2 Å². The molecule has 0 saturated heterocycles. The number of nitrogens with one attached hydrogen (secondary N) is 2. The summed E-state index contributed by atoms with van der Waals surface area (Å²) in [7, 11) is 0. The highest BCUT2D eigenvalue weighted by molar-refractivity contribution is 6.04. The number of aryl methyl sites for hydroxylation is 1. The number of carbonyl (C=O) groups is 4. The van der Waals surface area contributed by atoms with Gasteiger partial charge in [-0.3, -0.25) is 14.4 Å². The molecule has 0 aliphatic carbocycles. The molecule has 0 atom stereocenters. The van der Waals surface area contributed by atoms with Crippen LogP contribution in [0.3, 0.4) is 0 Å². The van der Waals surface area contributed by atoms with Gasteiger partial charge in [0.05, 0.1) is 6.61 Å². The van der Waals surface area contributed by atoms with Crippen molar-refractivity contribution in [1.82, 2.24) is 5.32 Å². The van der Waals surface area contributed by atoms with Gasteiger partial charge in [-0.25, -0.2) is 4.79 Å². The average molecular weight is 489 g/mol. The van der Waals surface area contributed by atoms with Gasteiger partial charge in [0.2, 0.25) is 5.91 Å². The predicted octanol–water partition coefficient (Wildman–Crippen LogP) is 5.06. The van der Waals surface area contributed by atoms with Gasteiger partial charge >= 0.3 is 6.16 Å². The Balaban J connectivity index is 1.52. The molecule has 3 aromatic carbocycles. The maximum absolute atomic E-state index is 12.7. The Bertz CT molecular complexity index is 1220. The van der Waals surface area contributed by atoms with Crippen molar-refractivity contribution in [2.45, 2.75) is 33.2 Å². The highest BCUT2D eigenvalue weighted by Crippen LogP contribution is 2.18. The molecule has 0 aliphatic heterocycles. The molecule has 3 aromatic rings. The number of benzene rings is 3. The van der Waals surface area contributed by atoms with Crippen molar-refractivity contribution in [2.75, 3.05) is 11.9 Å². The van der Waals surface area contributed by atoms with Gasteiger partial charge in [0.1, 0.15) is 5.75 Å². The first kappa shape index (κ1) is 26.2. The second kappa shape index (κ2) is 12.9. The summed E-state index contributed by atoms with van der Waals surface area (Å²) >= 11 is 0. The lowest BCUT2D eigenvalue weighted by Crippen LogP contribution is -2.24. The molecule has 0 saturated carbocycles. The summed E-state index contributed by atoms with van der Waals surface area (Å²) in [5, 5.41) is 5.63. The minimum atomic E-state index is -0.815. The van der Waals surface area contributed by atoms with E-state index < -0.39 is 6.16 Å². The lowest BCUT2D eigenvalue weighted by Gasteiger charge is -2.12. The number of anilines is 1. The Morgan fingerprint density at radius 3 is 2.17 bits per heavy atom. The molecule has 2 amide bonds. The van der Waals surface area contributed by atoms with Crippen molar-refractivity contribution in [3.8, 4) is 5.75 Å². The van der Waals surface area contributed by atoms with Crippen LogP contribution in [-0.2, 0) is 16.1 Å². The molecule has 2 N–H and O–H groups in total. The molecule has 0 aliphatic rings. The van der Waals surface area contributed by atoms with Crippen LogP contribution < -0.4 is 15.4 Å². The molecular formula is C28H28N2O6. The van der Waals surface area contributed by atoms with Crippen LogP contribution in [-0.4, -0.2) is 30.4 Å². The van der Waals surface area contributed by atoms with Gasteiger partial charge in [-0.2, -0.15) is 0 Å². The van der Waals surface area contributed by atoms with Crippen molar-refractivity contribution in [3.63, 3.8) is 0 Å². The molecule has 186 valence electrons. The number of Topliss-reactive ketones (excluding diaryl/α,β-unsaturated/α-hetero) is 1. The molecule has 36 heavy (non-hydrogen) atoms. The van der Waals surface area contributed by atoms with E-state index in [-0.39, 0.29) is 49.3 Å². The molecule has 3 rings (SSSR count). The maximum Gasteiger partial charge on any atom is 0.513 e. The Hall–Kier alpha value is -4.46. The second-order valence-corrected chi connectivity index (χ2v) is 7.99. The van der Waals surface area contributed by atoms with Crippen LogP contribution in [0.2, 0.25) is 0 Å². The Labute approximate surface area is 209 Å². The third-order valence-electron chi connectivity index (χ3n) is 5.27. The highest BCUT2D eigenvalue weighted by atomic mass is 16.7. The van der Waals surface area contributed by atoms with Crippen LogP contribution in [0.4, 0.5) is 10.5 Å². The number of hydrogen-bond acceptors (Lipinski definition) is 6. The van der Waals surface area contributed by atoms with E-state index in [1.807, 2.05) is 19.1 Å². The molecular weight excluding hydrogens is 460 g/mol. The average Bonchev–Trinajstić information content (AvgIpc) is 2.87. The summed E-state index contributed by atoms with van der Waals surface area (Å²) in [4.78, 5) is 48.7. The number of carbonyl (C=O) groups excluding carboxylic acids is 4. The third-order valence-corrected chi connectivity index (χ3v) is 5.27. The monoisotopic (exact) mass is 488 g/mol. The van der Waals surface area contributed by atoms with E-state index in [1.54, 1.807) is 43.3 Å². The summed E-state index contributed by atoms with van der Waals surface area (Å²) in [6, 6.07) is 20.4. The van der Waals surface area contributed by atoms with Gasteiger partial charge < -0.3 is 20.1 Å². The van der Waals surface area contributed by atoms with E-state index in [2.05, 4.69) is 10.6 Å². The first-order chi connectivity index (χ1) is 17.4. The van der Waals surface area contributed by atoms with Crippen LogP contribution in [0, 0.1) is 6.92 Å². The van der Waals surface area contributed by atoms with Crippen LogP contribution in [0.15, 0.2) is 72.8 Å². The summed E-state index contributed by atoms with van der Waals surface area (Å²) in [5.74, 6) is -0.445. The van der Waals surface area contributed by atoms with Gasteiger partial charge in [-0.15, -0.1) is 0 Å². The van der Waals surface area contributed by atoms with Crippen LogP contribution in [0.1, 0.15) is 51.6 Å². The van der Waals surface area contributed by atoms with Crippen molar-refractivity contribution < 1.29 is 28.7 Å². The quantitative estimate of drug-likeness (QED) is 0.234. The van der Waals surface area contributed by atoms with Gasteiger partial charge in [0.15, 0.2) is 5.78 Å². The smallest absolute Gasteiger partial charge is 0.434 e. The minimum absolute atomic E-state index is 0.0709. The summed E-state index contributed by atoms with van der Waals surface area (Å²) in [5.41, 5.74) is 3.27. The van der Waals surface area contributed by atoms with Gasteiger partial charge in [-0.1, -0.05) is 48.0 Å². The standard InChI is InChI=1S/C28H28N2O6/c1-3-35-28(34)36-23-14-12-21(13-15-23)27(33)30-24-7-5-4-6-22(24)18-29-26(32)17-16-25(31)20-10-8-19(2)9-11-20/h4-15H,3,16-18H2,1-2H3,(H,29,32)(H,30,33). The van der Waals surface area contributed by atoms with Gasteiger partial charge in [-0.05, 0) is 49.7 Å². The number of para-hydroxylation sites is 1. The number of amides is 2. The molecule has 0 spiro atoms. The van der Waals surface area contributed by atoms with E-state index in [0.29, 0.717) is 22.4 Å². The molecule has 0 heterocycles. The van der Waals surface area contributed by atoms with E-state index in [1.165, 1.54) is 24.3 Å². The van der Waals surface area contributed by atoms with Crippen LogP contribution >= 0.6 is 0 Å². The normalized spacial score (nSPS) is 10.3. The van der Waals surface area contributed by atoms with Crippen molar-refractivity contribution >= 4 is 29.4 Å². The number of ether oxygens (including phenoxy) is 2. The highest BCUT2D eigenvalue weighted by Gasteiger charge is 2.13. The largest absolute Gasteiger partial charge is 0.513 e. The maximum atomic E-state index is 12.7. The third kappa shape index (κ3) is 7.80. The SMILES string of the molecule is CCOC(=O)Oc1ccc(C(=O)Nc2ccccc2CNC(=O)CCC(=O)c2ccc(C)cc2)cc1. The Kier molecular flexibility index (Phi) is 9.33. The van der Waals surface area contributed by atoms with E-state index in [4.69, 9.17) is 9.47 Å². The fraction of sp³-hybridized carbons (Fsp3) is 0.214. The lowest BCUT2D eigenvalue weighted by atomic mass is 10.0. The first-order valence-electron chi connectivity index (χ1n) is 11.6. The Morgan fingerprint density at radius 1 is 0.806 bits per heavy atom. The zero-order valence-electron chi connectivity index (χ0n) is 20.2. The van der Waals surface area contributed by atoms with Crippen LogP contribution in [0.25, 0.3) is 0 Å². The van der Waals surface area contributed by atoms with Crippen molar-refractivity contribution in [1.29, 1.82) is 0 Å². The van der Waals surface area contributed by atoms with E-state index >= 15 is 0 Å². The Morgan fingerprint density at radius 2 is 1.47 bits per heavy atom. The lowest BCUT2D eigenvalue weighted by molar-refractivity contribution is -0.121. The summed E-state index contributed by atoms with van der Waals surface area (Å²) in [6.07, 6.45) is -0.630. The summed E-state index contributed by atoms with van der Waals surface area (Å²) < 4.78 is 9.71. The molecule has 8 heteroatoms. The van der Waals surface area contributed by atoms with Crippen molar-refractivity contribution in [2.24, 2.45) is 0 Å². The number of rotatable bonds is 10. The fourth-order valence-electron chi connectivity index (χ4n) is 3.30. The zero-order chi connectivity index (χ0) is 25.9. The minimum Gasteiger partial charge on any atom is -0.434 e.